The minimum Gasteiger partial charge on any atom is -0.451 e. The summed E-state index contributed by atoms with van der Waals surface area (Å²) in [6.07, 6.45) is -4.64. The highest BCUT2D eigenvalue weighted by Gasteiger charge is 2.33. The number of amides is 1. The third kappa shape index (κ3) is 3.43. The van der Waals surface area contributed by atoms with Crippen LogP contribution in [0.25, 0.3) is 11.0 Å². The second kappa shape index (κ2) is 6.49. The van der Waals surface area contributed by atoms with Gasteiger partial charge in [-0.25, -0.2) is 0 Å². The highest BCUT2D eigenvalue weighted by molar-refractivity contribution is 6.32. The van der Waals surface area contributed by atoms with E-state index in [9.17, 15) is 22.8 Å². The summed E-state index contributed by atoms with van der Waals surface area (Å²) in [4.78, 5) is 24.5. The summed E-state index contributed by atoms with van der Waals surface area (Å²) in [6.45, 7) is 1.69. The van der Waals surface area contributed by atoms with Gasteiger partial charge in [-0.2, -0.15) is 13.2 Å². The number of nitrogens with one attached hydrogen (secondary N) is 1. The predicted molar refractivity (Wildman–Crippen MR) is 91.6 cm³/mol. The summed E-state index contributed by atoms with van der Waals surface area (Å²) in [5.41, 5.74) is -1.21. The number of hydrogen-bond donors (Lipinski definition) is 1. The fraction of sp³-hybridized carbons (Fsp3) is 0.111. The van der Waals surface area contributed by atoms with Crippen LogP contribution in [0.3, 0.4) is 0 Å². The topological polar surface area (TPSA) is 59.3 Å². The molecule has 0 aliphatic heterocycles. The van der Waals surface area contributed by atoms with E-state index >= 15 is 0 Å². The lowest BCUT2D eigenvalue weighted by molar-refractivity contribution is -0.136. The average molecular weight is 382 g/mol. The number of hydrogen-bond acceptors (Lipinski definition) is 3. The Hall–Kier alpha value is -2.80. The van der Waals surface area contributed by atoms with Crippen LogP contribution in [0.1, 0.15) is 21.7 Å². The van der Waals surface area contributed by atoms with Crippen molar-refractivity contribution in [3.8, 4) is 0 Å². The normalized spacial score (nSPS) is 11.6. The van der Waals surface area contributed by atoms with Crippen molar-refractivity contribution in [1.82, 2.24) is 0 Å². The summed E-state index contributed by atoms with van der Waals surface area (Å²) >= 11 is 5.96. The van der Waals surface area contributed by atoms with Crippen LogP contribution in [0, 0.1) is 6.92 Å². The molecule has 1 heterocycles. The molecule has 134 valence electrons. The Morgan fingerprint density at radius 1 is 1.15 bits per heavy atom. The van der Waals surface area contributed by atoms with Gasteiger partial charge in [0, 0.05) is 11.1 Å². The van der Waals surface area contributed by atoms with Crippen molar-refractivity contribution in [3.05, 3.63) is 74.6 Å². The molecule has 0 aliphatic carbocycles. The lowest BCUT2D eigenvalue weighted by atomic mass is 10.1. The maximum absolute atomic E-state index is 13.0. The summed E-state index contributed by atoms with van der Waals surface area (Å²) in [5, 5.41) is 2.67. The highest BCUT2D eigenvalue weighted by atomic mass is 35.5. The van der Waals surface area contributed by atoms with Gasteiger partial charge in [-0.05, 0) is 36.8 Å². The van der Waals surface area contributed by atoms with Crippen LogP contribution in [0.5, 0.6) is 0 Å². The van der Waals surface area contributed by atoms with Crippen LogP contribution in [0.2, 0.25) is 5.02 Å². The van der Waals surface area contributed by atoms with Gasteiger partial charge >= 0.3 is 6.18 Å². The Morgan fingerprint density at radius 2 is 1.85 bits per heavy atom. The maximum Gasteiger partial charge on any atom is 0.418 e. The zero-order valence-corrected chi connectivity index (χ0v) is 14.0. The lowest BCUT2D eigenvalue weighted by Crippen LogP contribution is -2.18. The molecule has 0 fully saturated rings. The number of alkyl halides is 3. The minimum atomic E-state index is -4.64. The third-order valence-corrected chi connectivity index (χ3v) is 4.12. The van der Waals surface area contributed by atoms with Gasteiger partial charge in [-0.1, -0.05) is 23.7 Å². The second-order valence-electron chi connectivity index (χ2n) is 5.57. The number of fused-ring (bicyclic) bond motifs is 1. The monoisotopic (exact) mass is 381 g/mol. The van der Waals surface area contributed by atoms with Crippen molar-refractivity contribution in [1.29, 1.82) is 0 Å². The van der Waals surface area contributed by atoms with E-state index < -0.39 is 34.5 Å². The van der Waals surface area contributed by atoms with Gasteiger partial charge in [0.25, 0.3) is 5.91 Å². The van der Waals surface area contributed by atoms with Crippen LogP contribution in [-0.4, -0.2) is 5.91 Å². The standard InChI is InChI=1S/C18H11ClF3NO3/c1-9-6-15-10(7-12(9)19)14(24)8-16(26-15)17(25)23-13-5-3-2-4-11(13)18(20,21)22/h2-8H,1H3,(H,23,25). The largest absolute Gasteiger partial charge is 0.451 e. The number of para-hydroxylation sites is 1. The molecule has 0 aliphatic rings. The van der Waals surface area contributed by atoms with Crippen molar-refractivity contribution in [3.63, 3.8) is 0 Å². The molecular weight excluding hydrogens is 371 g/mol. The molecule has 3 rings (SSSR count). The molecule has 0 saturated carbocycles. The first kappa shape index (κ1) is 18.0. The average Bonchev–Trinajstić information content (AvgIpc) is 2.56. The molecule has 1 amide bonds. The van der Waals surface area contributed by atoms with E-state index in [1.807, 2.05) is 0 Å². The van der Waals surface area contributed by atoms with E-state index in [4.69, 9.17) is 16.0 Å². The molecular formula is C18H11ClF3NO3. The molecule has 26 heavy (non-hydrogen) atoms. The molecule has 0 bridgehead atoms. The third-order valence-electron chi connectivity index (χ3n) is 3.71. The van der Waals surface area contributed by atoms with Gasteiger partial charge in [0.05, 0.1) is 16.6 Å². The molecule has 0 spiro atoms. The summed E-state index contributed by atoms with van der Waals surface area (Å²) in [5.74, 6) is -1.37. The summed E-state index contributed by atoms with van der Waals surface area (Å²) in [6, 6.07) is 8.34. The molecule has 0 radical (unpaired) electrons. The van der Waals surface area contributed by atoms with Crippen molar-refractivity contribution in [2.24, 2.45) is 0 Å². The second-order valence-corrected chi connectivity index (χ2v) is 5.98. The van der Waals surface area contributed by atoms with Crippen molar-refractivity contribution in [2.45, 2.75) is 13.1 Å². The lowest BCUT2D eigenvalue weighted by Gasteiger charge is -2.13. The van der Waals surface area contributed by atoms with E-state index in [1.54, 1.807) is 6.92 Å². The Labute approximate surface area is 150 Å². The molecule has 8 heteroatoms. The molecule has 1 aromatic heterocycles. The van der Waals surface area contributed by atoms with E-state index in [-0.39, 0.29) is 11.0 Å². The van der Waals surface area contributed by atoms with Crippen LogP contribution in [-0.2, 0) is 6.18 Å². The predicted octanol–water partition coefficient (Wildman–Crippen LogP) is 5.03. The maximum atomic E-state index is 13.0. The molecule has 0 unspecified atom stereocenters. The van der Waals surface area contributed by atoms with Crippen LogP contribution in [0.4, 0.5) is 18.9 Å². The van der Waals surface area contributed by atoms with Gasteiger partial charge < -0.3 is 9.73 Å². The fourth-order valence-corrected chi connectivity index (χ4v) is 2.58. The van der Waals surface area contributed by atoms with Crippen molar-refractivity contribution >= 4 is 34.2 Å². The molecule has 4 nitrogen and oxygen atoms in total. The zero-order chi connectivity index (χ0) is 19.1. The number of carbonyl (C=O) groups excluding carboxylic acids is 1. The van der Waals surface area contributed by atoms with E-state index in [0.717, 1.165) is 18.2 Å². The molecule has 3 aromatic rings. The number of halogens is 4. The Morgan fingerprint density at radius 3 is 2.54 bits per heavy atom. The van der Waals surface area contributed by atoms with Gasteiger partial charge in [0.2, 0.25) is 0 Å². The van der Waals surface area contributed by atoms with Gasteiger partial charge in [0.1, 0.15) is 5.58 Å². The first-order valence-electron chi connectivity index (χ1n) is 7.38. The Kier molecular flexibility index (Phi) is 4.50. The number of aryl methyl sites for hydroxylation is 1. The van der Waals surface area contributed by atoms with Crippen molar-refractivity contribution in [2.75, 3.05) is 5.32 Å². The number of benzene rings is 2. The van der Waals surface area contributed by atoms with Gasteiger partial charge in [-0.3, -0.25) is 9.59 Å². The Bertz CT molecular complexity index is 1070. The quantitative estimate of drug-likeness (QED) is 0.677. The number of anilines is 1. The highest BCUT2D eigenvalue weighted by Crippen LogP contribution is 2.34. The Balaban J connectivity index is 2.02. The molecule has 0 atom stereocenters. The van der Waals surface area contributed by atoms with Crippen molar-refractivity contribution < 1.29 is 22.4 Å². The first-order valence-corrected chi connectivity index (χ1v) is 7.76. The van der Waals surface area contributed by atoms with Gasteiger partial charge in [0.15, 0.2) is 11.2 Å². The van der Waals surface area contributed by atoms with E-state index in [0.29, 0.717) is 10.6 Å². The number of carbonyl (C=O) groups is 1. The number of rotatable bonds is 2. The van der Waals surface area contributed by atoms with E-state index in [2.05, 4.69) is 5.32 Å². The molecule has 1 N–H and O–H groups in total. The smallest absolute Gasteiger partial charge is 0.418 e. The van der Waals surface area contributed by atoms with Crippen LogP contribution < -0.4 is 10.7 Å². The van der Waals surface area contributed by atoms with Crippen LogP contribution in [0.15, 0.2) is 51.7 Å². The van der Waals surface area contributed by atoms with E-state index in [1.165, 1.54) is 24.3 Å². The van der Waals surface area contributed by atoms with Crippen LogP contribution >= 0.6 is 11.6 Å². The first-order chi connectivity index (χ1) is 12.2. The summed E-state index contributed by atoms with van der Waals surface area (Å²) < 4.78 is 44.4. The zero-order valence-electron chi connectivity index (χ0n) is 13.3. The minimum absolute atomic E-state index is 0.119. The summed E-state index contributed by atoms with van der Waals surface area (Å²) in [7, 11) is 0. The van der Waals surface area contributed by atoms with Gasteiger partial charge in [-0.15, -0.1) is 0 Å². The fourth-order valence-electron chi connectivity index (χ4n) is 2.41. The molecule has 2 aromatic carbocycles. The molecule has 0 saturated heterocycles. The SMILES string of the molecule is Cc1cc2oc(C(=O)Nc3ccccc3C(F)(F)F)cc(=O)c2cc1Cl.